The van der Waals surface area contributed by atoms with E-state index in [-0.39, 0.29) is 5.78 Å². The molecule has 1 aliphatic rings. The Morgan fingerprint density at radius 3 is 1.46 bits per heavy atom. The summed E-state index contributed by atoms with van der Waals surface area (Å²) in [7, 11) is 0. The van der Waals surface area contributed by atoms with Gasteiger partial charge in [0.1, 0.15) is 6.10 Å². The van der Waals surface area contributed by atoms with Gasteiger partial charge in [-0.25, -0.2) is 0 Å². The second-order valence-electron chi connectivity index (χ2n) is 8.23. The molecule has 26 heavy (non-hydrogen) atoms. The van der Waals surface area contributed by atoms with Gasteiger partial charge in [-0.05, 0) is 38.5 Å². The number of Topliss-reactive ketones (excluding diaryl/α,β-unsaturated/α-hetero) is 1. The van der Waals surface area contributed by atoms with Crippen LogP contribution in [0.25, 0.3) is 0 Å². The van der Waals surface area contributed by atoms with E-state index in [1.54, 1.807) is 0 Å². The maximum absolute atomic E-state index is 12.0. The molecule has 1 rings (SSSR count). The van der Waals surface area contributed by atoms with Gasteiger partial charge in [0.15, 0.2) is 5.78 Å². The van der Waals surface area contributed by atoms with Crippen molar-refractivity contribution in [1.82, 2.24) is 0 Å². The van der Waals surface area contributed by atoms with E-state index in [0.717, 1.165) is 25.7 Å². The van der Waals surface area contributed by atoms with E-state index in [1.807, 2.05) is 0 Å². The topological polar surface area (TPSA) is 37.3 Å². The molecule has 0 radical (unpaired) electrons. The first-order valence-electron chi connectivity index (χ1n) is 11.7. The third-order valence-electron chi connectivity index (χ3n) is 5.68. The van der Waals surface area contributed by atoms with Gasteiger partial charge >= 0.3 is 0 Å². The Hall–Kier alpha value is -0.630. The number of rotatable bonds is 0. The van der Waals surface area contributed by atoms with Crippen LogP contribution < -0.4 is 0 Å². The van der Waals surface area contributed by atoms with Crippen LogP contribution in [0.1, 0.15) is 128 Å². The first kappa shape index (κ1) is 23.4. The lowest BCUT2D eigenvalue weighted by Crippen LogP contribution is -2.19. The predicted molar refractivity (Wildman–Crippen MR) is 112 cm³/mol. The summed E-state index contributed by atoms with van der Waals surface area (Å²) < 4.78 is 0. The molecule has 1 N–H and O–H groups in total. The lowest BCUT2D eigenvalue weighted by atomic mass is 10.00. The highest BCUT2D eigenvalue weighted by Gasteiger charge is 2.13. The molecule has 2 heteroatoms. The molecule has 0 heterocycles. The van der Waals surface area contributed by atoms with Crippen molar-refractivity contribution >= 4 is 5.78 Å². The van der Waals surface area contributed by atoms with Crippen molar-refractivity contribution in [2.45, 2.75) is 135 Å². The van der Waals surface area contributed by atoms with Gasteiger partial charge in [0.25, 0.3) is 0 Å². The van der Waals surface area contributed by atoms with Crippen molar-refractivity contribution in [3.05, 3.63) is 12.2 Å². The van der Waals surface area contributed by atoms with Crippen LogP contribution in [0.15, 0.2) is 12.2 Å². The summed E-state index contributed by atoms with van der Waals surface area (Å²) >= 11 is 0. The van der Waals surface area contributed by atoms with Crippen LogP contribution >= 0.6 is 0 Å². The average Bonchev–Trinajstić information content (AvgIpc) is 2.64. The van der Waals surface area contributed by atoms with Crippen molar-refractivity contribution < 1.29 is 9.90 Å². The van der Waals surface area contributed by atoms with Crippen molar-refractivity contribution in [2.75, 3.05) is 0 Å². The minimum Gasteiger partial charge on any atom is -0.385 e. The largest absolute Gasteiger partial charge is 0.385 e. The van der Waals surface area contributed by atoms with Crippen LogP contribution in [0.4, 0.5) is 0 Å². The second kappa shape index (κ2) is 17.8. The normalized spacial score (nSPS) is 26.7. The third-order valence-corrected chi connectivity index (χ3v) is 5.68. The van der Waals surface area contributed by atoms with E-state index < -0.39 is 6.10 Å². The highest BCUT2D eigenvalue weighted by Crippen LogP contribution is 2.15. The van der Waals surface area contributed by atoms with Gasteiger partial charge in [-0.1, -0.05) is 95.6 Å². The number of ketones is 1. The molecule has 1 atom stereocenters. The van der Waals surface area contributed by atoms with E-state index in [4.69, 9.17) is 0 Å². The number of hydrogen-bond donors (Lipinski definition) is 1. The van der Waals surface area contributed by atoms with Crippen molar-refractivity contribution in [1.29, 1.82) is 0 Å². The Kier molecular flexibility index (Phi) is 16.0. The smallest absolute Gasteiger partial charge is 0.161 e. The molecule has 152 valence electrons. The van der Waals surface area contributed by atoms with Crippen LogP contribution in [0.2, 0.25) is 0 Å². The van der Waals surface area contributed by atoms with E-state index in [0.29, 0.717) is 12.8 Å². The molecular formula is C24H44O2. The van der Waals surface area contributed by atoms with Crippen molar-refractivity contribution in [3.8, 4) is 0 Å². The summed E-state index contributed by atoms with van der Waals surface area (Å²) in [5.74, 6) is 0.0764. The summed E-state index contributed by atoms with van der Waals surface area (Å²) in [6, 6.07) is 0. The van der Waals surface area contributed by atoms with Gasteiger partial charge in [-0.2, -0.15) is 0 Å². The van der Waals surface area contributed by atoms with Gasteiger partial charge in [0, 0.05) is 6.42 Å². The van der Waals surface area contributed by atoms with Crippen LogP contribution in [0.5, 0.6) is 0 Å². The number of allylic oxidation sites excluding steroid dienone is 2. The molecule has 0 aliphatic heterocycles. The Morgan fingerprint density at radius 1 is 0.577 bits per heavy atom. The van der Waals surface area contributed by atoms with Gasteiger partial charge in [0.05, 0.1) is 0 Å². The molecule has 0 fully saturated rings. The summed E-state index contributed by atoms with van der Waals surface area (Å²) in [4.78, 5) is 12.0. The molecule has 0 bridgehead atoms. The number of carbonyl (C=O) groups is 1. The molecule has 0 saturated carbocycles. The Bertz CT molecular complexity index is 348. The molecule has 0 saturated heterocycles. The fourth-order valence-corrected chi connectivity index (χ4v) is 3.85. The zero-order valence-corrected chi connectivity index (χ0v) is 17.2. The van der Waals surface area contributed by atoms with Crippen LogP contribution in [0.3, 0.4) is 0 Å². The molecule has 0 aromatic heterocycles. The summed E-state index contributed by atoms with van der Waals surface area (Å²) in [6.07, 6.45) is 28.0. The third kappa shape index (κ3) is 14.5. The minimum absolute atomic E-state index is 0.0764. The number of aliphatic hydroxyl groups excluding tert-OH is 1. The molecule has 2 nitrogen and oxygen atoms in total. The molecule has 0 spiro atoms. The fraction of sp³-hybridized carbons (Fsp3) is 0.875. The highest BCUT2D eigenvalue weighted by atomic mass is 16.3. The van der Waals surface area contributed by atoms with Crippen LogP contribution in [-0.4, -0.2) is 17.0 Å². The summed E-state index contributed by atoms with van der Waals surface area (Å²) in [5.41, 5.74) is 0. The van der Waals surface area contributed by atoms with Gasteiger partial charge in [-0.3, -0.25) is 4.79 Å². The Morgan fingerprint density at radius 2 is 0.962 bits per heavy atom. The quantitative estimate of drug-likeness (QED) is 0.458. The van der Waals surface area contributed by atoms with Crippen molar-refractivity contribution in [3.63, 3.8) is 0 Å². The minimum atomic E-state index is -0.700. The van der Waals surface area contributed by atoms with Crippen LogP contribution in [-0.2, 0) is 4.79 Å². The molecule has 0 aromatic rings. The van der Waals surface area contributed by atoms with E-state index in [1.165, 1.54) is 89.9 Å². The van der Waals surface area contributed by atoms with Crippen molar-refractivity contribution in [2.24, 2.45) is 0 Å². The first-order chi connectivity index (χ1) is 12.8. The molecule has 1 aliphatic carbocycles. The molecule has 0 amide bonds. The number of carbonyl (C=O) groups excluding carboxylic acids is 1. The maximum atomic E-state index is 12.0. The molecule has 0 aromatic carbocycles. The van der Waals surface area contributed by atoms with E-state index in [2.05, 4.69) is 12.2 Å². The zero-order chi connectivity index (χ0) is 18.7. The summed E-state index contributed by atoms with van der Waals surface area (Å²) in [5, 5.41) is 9.99. The van der Waals surface area contributed by atoms with Gasteiger partial charge < -0.3 is 5.11 Å². The first-order valence-corrected chi connectivity index (χ1v) is 11.7. The monoisotopic (exact) mass is 364 g/mol. The SMILES string of the molecule is O=C1CCCCCCCCCC/C=C\CCCCCCCCCCC1O. The van der Waals surface area contributed by atoms with Gasteiger partial charge in [0.2, 0.25) is 0 Å². The zero-order valence-electron chi connectivity index (χ0n) is 17.2. The lowest BCUT2D eigenvalue weighted by Gasteiger charge is -2.09. The fourth-order valence-electron chi connectivity index (χ4n) is 3.85. The standard InChI is InChI=1S/C24H44O2/c25-23-21-19-17-15-13-11-9-7-5-3-1-2-4-6-8-10-12-14-16-18-20-22-24(23)26/h1-2,23,25H,3-22H2/b2-1-. The predicted octanol–water partition coefficient (Wildman–Crippen LogP) is 7.29. The van der Waals surface area contributed by atoms with Gasteiger partial charge in [-0.15, -0.1) is 0 Å². The molecule has 1 unspecified atom stereocenters. The maximum Gasteiger partial charge on any atom is 0.161 e. The lowest BCUT2D eigenvalue weighted by molar-refractivity contribution is -0.127. The number of aliphatic hydroxyl groups is 1. The Labute approximate surface area is 162 Å². The van der Waals surface area contributed by atoms with E-state index >= 15 is 0 Å². The Balaban J connectivity index is 2.19. The van der Waals surface area contributed by atoms with Crippen LogP contribution in [0, 0.1) is 0 Å². The molecular weight excluding hydrogens is 320 g/mol. The van der Waals surface area contributed by atoms with E-state index in [9.17, 15) is 9.90 Å². The second-order valence-corrected chi connectivity index (χ2v) is 8.23. The average molecular weight is 365 g/mol. The number of hydrogen-bond acceptors (Lipinski definition) is 2. The summed E-state index contributed by atoms with van der Waals surface area (Å²) in [6.45, 7) is 0. The highest BCUT2D eigenvalue weighted by molar-refractivity contribution is 5.82.